The molecule has 1 amide bonds. The van der Waals surface area contributed by atoms with E-state index in [2.05, 4.69) is 6.92 Å². The van der Waals surface area contributed by atoms with Crippen LogP contribution in [-0.4, -0.2) is 35.0 Å². The molecule has 0 aromatic carbocycles. The SMILES string of the molecule is CCC1CCN(C(=O)C(C)C(=O)O)CC1. The maximum absolute atomic E-state index is 11.7. The largest absolute Gasteiger partial charge is 0.481 e. The number of likely N-dealkylation sites (tertiary alicyclic amines) is 1. The van der Waals surface area contributed by atoms with Crippen LogP contribution in [0.1, 0.15) is 33.1 Å². The third-order valence-corrected chi connectivity index (χ3v) is 3.24. The minimum atomic E-state index is -1.03. The second-order valence-corrected chi connectivity index (χ2v) is 4.24. The van der Waals surface area contributed by atoms with Gasteiger partial charge in [0.2, 0.25) is 5.91 Å². The van der Waals surface area contributed by atoms with E-state index in [0.717, 1.165) is 32.4 Å². The predicted molar refractivity (Wildman–Crippen MR) is 56.4 cm³/mol. The van der Waals surface area contributed by atoms with E-state index in [4.69, 9.17) is 5.11 Å². The Labute approximate surface area is 90.3 Å². The summed E-state index contributed by atoms with van der Waals surface area (Å²) in [7, 11) is 0. The Bertz CT molecular complexity index is 244. The van der Waals surface area contributed by atoms with E-state index in [1.807, 2.05) is 0 Å². The fraction of sp³-hybridized carbons (Fsp3) is 0.818. The highest BCUT2D eigenvalue weighted by molar-refractivity contribution is 5.96. The summed E-state index contributed by atoms with van der Waals surface area (Å²) in [6, 6.07) is 0. The first kappa shape index (κ1) is 12.0. The van der Waals surface area contributed by atoms with Gasteiger partial charge in [0.05, 0.1) is 0 Å². The van der Waals surface area contributed by atoms with Crippen LogP contribution >= 0.6 is 0 Å². The van der Waals surface area contributed by atoms with Crippen molar-refractivity contribution in [2.75, 3.05) is 13.1 Å². The van der Waals surface area contributed by atoms with E-state index in [0.29, 0.717) is 5.92 Å². The zero-order valence-electron chi connectivity index (χ0n) is 9.40. The lowest BCUT2D eigenvalue weighted by molar-refractivity contribution is -0.150. The van der Waals surface area contributed by atoms with Crippen molar-refractivity contribution in [2.24, 2.45) is 11.8 Å². The normalized spacial score (nSPS) is 20.0. The van der Waals surface area contributed by atoms with Gasteiger partial charge in [0.15, 0.2) is 0 Å². The summed E-state index contributed by atoms with van der Waals surface area (Å²) >= 11 is 0. The van der Waals surface area contributed by atoms with Gasteiger partial charge in [-0.1, -0.05) is 13.3 Å². The highest BCUT2D eigenvalue weighted by atomic mass is 16.4. The van der Waals surface area contributed by atoms with Crippen LogP contribution in [0.15, 0.2) is 0 Å². The number of aliphatic carboxylic acids is 1. The summed E-state index contributed by atoms with van der Waals surface area (Å²) in [6.07, 6.45) is 3.17. The Morgan fingerprint density at radius 1 is 1.40 bits per heavy atom. The van der Waals surface area contributed by atoms with Crippen molar-refractivity contribution in [1.82, 2.24) is 4.90 Å². The number of carboxylic acid groups (broad SMARTS) is 1. The fourth-order valence-corrected chi connectivity index (χ4v) is 1.94. The van der Waals surface area contributed by atoms with Crippen LogP contribution in [0.2, 0.25) is 0 Å². The summed E-state index contributed by atoms with van der Waals surface area (Å²) in [5.74, 6) is -1.47. The van der Waals surface area contributed by atoms with E-state index in [1.54, 1.807) is 4.90 Å². The van der Waals surface area contributed by atoms with Gasteiger partial charge in [0.1, 0.15) is 5.92 Å². The summed E-state index contributed by atoms with van der Waals surface area (Å²) in [5.41, 5.74) is 0. The molecule has 86 valence electrons. The molecule has 1 unspecified atom stereocenters. The van der Waals surface area contributed by atoms with Gasteiger partial charge in [0, 0.05) is 13.1 Å². The van der Waals surface area contributed by atoms with Gasteiger partial charge < -0.3 is 10.0 Å². The van der Waals surface area contributed by atoms with Crippen molar-refractivity contribution in [3.8, 4) is 0 Å². The summed E-state index contributed by atoms with van der Waals surface area (Å²) in [5, 5.41) is 8.73. The number of carbonyl (C=O) groups is 2. The van der Waals surface area contributed by atoms with Crippen molar-refractivity contribution in [3.63, 3.8) is 0 Å². The maximum Gasteiger partial charge on any atom is 0.315 e. The molecular weight excluding hydrogens is 194 g/mol. The number of rotatable bonds is 3. The van der Waals surface area contributed by atoms with Gasteiger partial charge in [-0.25, -0.2) is 0 Å². The molecule has 0 radical (unpaired) electrons. The first-order chi connectivity index (χ1) is 7.06. The van der Waals surface area contributed by atoms with Crippen LogP contribution in [0, 0.1) is 11.8 Å². The number of nitrogens with zero attached hydrogens (tertiary/aromatic N) is 1. The molecule has 1 saturated heterocycles. The molecule has 4 nitrogen and oxygen atoms in total. The molecule has 1 N–H and O–H groups in total. The number of amides is 1. The van der Waals surface area contributed by atoms with Crippen LogP contribution in [0.4, 0.5) is 0 Å². The van der Waals surface area contributed by atoms with Gasteiger partial charge >= 0.3 is 5.97 Å². The van der Waals surface area contributed by atoms with E-state index in [1.165, 1.54) is 6.92 Å². The van der Waals surface area contributed by atoms with E-state index in [-0.39, 0.29) is 5.91 Å². The highest BCUT2D eigenvalue weighted by Crippen LogP contribution is 2.21. The van der Waals surface area contributed by atoms with E-state index >= 15 is 0 Å². The predicted octanol–water partition coefficient (Wildman–Crippen LogP) is 1.36. The maximum atomic E-state index is 11.7. The lowest BCUT2D eigenvalue weighted by Crippen LogP contribution is -2.43. The molecule has 1 fully saturated rings. The first-order valence-electron chi connectivity index (χ1n) is 5.57. The molecule has 1 atom stereocenters. The average Bonchev–Trinajstić information content (AvgIpc) is 2.27. The Morgan fingerprint density at radius 3 is 2.33 bits per heavy atom. The third-order valence-electron chi connectivity index (χ3n) is 3.24. The monoisotopic (exact) mass is 213 g/mol. The van der Waals surface area contributed by atoms with E-state index in [9.17, 15) is 9.59 Å². The molecule has 0 saturated carbocycles. The minimum Gasteiger partial charge on any atom is -0.481 e. The number of carboxylic acids is 1. The lowest BCUT2D eigenvalue weighted by atomic mass is 9.94. The van der Waals surface area contributed by atoms with Gasteiger partial charge in [-0.05, 0) is 25.7 Å². The zero-order chi connectivity index (χ0) is 11.4. The van der Waals surface area contributed by atoms with Crippen LogP contribution in [0.3, 0.4) is 0 Å². The first-order valence-corrected chi connectivity index (χ1v) is 5.57. The number of hydrogen-bond donors (Lipinski definition) is 1. The molecule has 1 aliphatic heterocycles. The molecule has 1 rings (SSSR count). The topological polar surface area (TPSA) is 57.6 Å². The van der Waals surface area contributed by atoms with Gasteiger partial charge in [0.25, 0.3) is 0 Å². The van der Waals surface area contributed by atoms with Crippen molar-refractivity contribution in [2.45, 2.75) is 33.1 Å². The standard InChI is InChI=1S/C11H19NO3/c1-3-9-4-6-12(7-5-9)10(13)8(2)11(14)15/h8-9H,3-7H2,1-2H3,(H,14,15). The van der Waals surface area contributed by atoms with Crippen molar-refractivity contribution >= 4 is 11.9 Å². The molecular formula is C11H19NO3. The number of hydrogen-bond acceptors (Lipinski definition) is 2. The van der Waals surface area contributed by atoms with Crippen LogP contribution in [-0.2, 0) is 9.59 Å². The molecule has 1 aliphatic rings. The quantitative estimate of drug-likeness (QED) is 0.720. The van der Waals surface area contributed by atoms with Crippen LogP contribution in [0.25, 0.3) is 0 Å². The van der Waals surface area contributed by atoms with Gasteiger partial charge in [-0.2, -0.15) is 0 Å². The summed E-state index contributed by atoms with van der Waals surface area (Å²) < 4.78 is 0. The average molecular weight is 213 g/mol. The minimum absolute atomic E-state index is 0.239. The van der Waals surface area contributed by atoms with Crippen molar-refractivity contribution in [3.05, 3.63) is 0 Å². The molecule has 4 heteroatoms. The fourth-order valence-electron chi connectivity index (χ4n) is 1.94. The second kappa shape index (κ2) is 5.14. The Balaban J connectivity index is 2.46. The Hall–Kier alpha value is -1.06. The van der Waals surface area contributed by atoms with Crippen LogP contribution < -0.4 is 0 Å². The molecule has 0 aromatic rings. The van der Waals surface area contributed by atoms with Gasteiger partial charge in [-0.3, -0.25) is 9.59 Å². The number of piperidine rings is 1. The van der Waals surface area contributed by atoms with E-state index < -0.39 is 11.9 Å². The molecule has 0 spiro atoms. The molecule has 0 bridgehead atoms. The lowest BCUT2D eigenvalue weighted by Gasteiger charge is -2.32. The molecule has 15 heavy (non-hydrogen) atoms. The summed E-state index contributed by atoms with van der Waals surface area (Å²) in [6.45, 7) is 5.04. The Morgan fingerprint density at radius 2 is 1.93 bits per heavy atom. The smallest absolute Gasteiger partial charge is 0.315 e. The zero-order valence-corrected chi connectivity index (χ0v) is 9.40. The summed E-state index contributed by atoms with van der Waals surface area (Å²) in [4.78, 5) is 24.0. The molecule has 1 heterocycles. The second-order valence-electron chi connectivity index (χ2n) is 4.24. The molecule has 0 aromatic heterocycles. The van der Waals surface area contributed by atoms with Gasteiger partial charge in [-0.15, -0.1) is 0 Å². The van der Waals surface area contributed by atoms with Crippen molar-refractivity contribution in [1.29, 1.82) is 0 Å². The Kier molecular flexibility index (Phi) is 4.12. The number of carbonyl (C=O) groups excluding carboxylic acids is 1. The third kappa shape index (κ3) is 2.94. The van der Waals surface area contributed by atoms with Crippen molar-refractivity contribution < 1.29 is 14.7 Å². The molecule has 0 aliphatic carbocycles. The highest BCUT2D eigenvalue weighted by Gasteiger charge is 2.28. The van der Waals surface area contributed by atoms with Crippen LogP contribution in [0.5, 0.6) is 0 Å².